The highest BCUT2D eigenvalue weighted by molar-refractivity contribution is 9.11. The summed E-state index contributed by atoms with van der Waals surface area (Å²) < 4.78 is 76.9. The van der Waals surface area contributed by atoms with Gasteiger partial charge in [-0.15, -0.1) is 0 Å². The Morgan fingerprint density at radius 1 is 0.920 bits per heavy atom. The van der Waals surface area contributed by atoms with Crippen LogP contribution in [0.4, 0.5) is 32.0 Å². The summed E-state index contributed by atoms with van der Waals surface area (Å²) in [7, 11) is 0. The lowest BCUT2D eigenvalue weighted by Crippen LogP contribution is -2.10. The molecule has 0 aromatic heterocycles. The quantitative estimate of drug-likeness (QED) is 0.505. The molecule has 0 spiro atoms. The molecule has 1 aliphatic rings. The topological polar surface area (TPSA) is 12.0 Å². The minimum atomic E-state index is -4.49. The Kier molecular flexibility index (Phi) is 6.03. The van der Waals surface area contributed by atoms with E-state index >= 15 is 0 Å². The molecular formula is C17H14BrF6N. The van der Waals surface area contributed by atoms with E-state index in [-0.39, 0.29) is 4.48 Å². The molecule has 1 aromatic rings. The summed E-state index contributed by atoms with van der Waals surface area (Å²) in [5.41, 5.74) is -0.740. The SMILES string of the molecule is FC(F)(F)C1=C/C(Br)=C(/Nc2ccc(C(F)(F)F)cc2)CCC/C=C\1. The molecule has 136 valence electrons. The van der Waals surface area contributed by atoms with Crippen LogP contribution in [0.3, 0.4) is 0 Å². The number of benzene rings is 1. The van der Waals surface area contributed by atoms with E-state index < -0.39 is 23.5 Å². The van der Waals surface area contributed by atoms with Crippen molar-refractivity contribution in [2.45, 2.75) is 31.6 Å². The highest BCUT2D eigenvalue weighted by Crippen LogP contribution is 2.33. The van der Waals surface area contributed by atoms with Crippen molar-refractivity contribution in [3.8, 4) is 0 Å². The van der Waals surface area contributed by atoms with E-state index in [9.17, 15) is 26.3 Å². The number of nitrogens with one attached hydrogen (secondary N) is 1. The van der Waals surface area contributed by atoms with Crippen LogP contribution in [0.2, 0.25) is 0 Å². The third kappa shape index (κ3) is 5.66. The lowest BCUT2D eigenvalue weighted by atomic mass is 10.1. The molecule has 0 heterocycles. The van der Waals surface area contributed by atoms with Gasteiger partial charge in [0, 0.05) is 15.9 Å². The molecule has 1 aromatic carbocycles. The fourth-order valence-electron chi connectivity index (χ4n) is 2.21. The molecule has 0 amide bonds. The summed E-state index contributed by atoms with van der Waals surface area (Å²) in [4.78, 5) is 0. The van der Waals surface area contributed by atoms with Crippen LogP contribution >= 0.6 is 15.9 Å². The minimum absolute atomic E-state index is 0.214. The van der Waals surface area contributed by atoms with Crippen LogP contribution in [-0.4, -0.2) is 6.18 Å². The van der Waals surface area contributed by atoms with Crippen LogP contribution in [0.5, 0.6) is 0 Å². The summed E-state index contributed by atoms with van der Waals surface area (Å²) >= 11 is 3.14. The second-order valence-corrected chi connectivity index (χ2v) is 6.27. The van der Waals surface area contributed by atoms with E-state index in [1.165, 1.54) is 18.2 Å². The van der Waals surface area contributed by atoms with Gasteiger partial charge in [-0.3, -0.25) is 0 Å². The fourth-order valence-corrected chi connectivity index (χ4v) is 2.76. The van der Waals surface area contributed by atoms with E-state index in [1.807, 2.05) is 0 Å². The van der Waals surface area contributed by atoms with Gasteiger partial charge in [0.05, 0.1) is 11.1 Å². The first-order valence-corrected chi connectivity index (χ1v) is 8.15. The number of allylic oxidation sites excluding steroid dienone is 6. The summed E-state index contributed by atoms with van der Waals surface area (Å²) in [5, 5.41) is 2.90. The predicted molar refractivity (Wildman–Crippen MR) is 88.1 cm³/mol. The second-order valence-electron chi connectivity index (χ2n) is 5.42. The summed E-state index contributed by atoms with van der Waals surface area (Å²) in [5.74, 6) is 0. The Morgan fingerprint density at radius 3 is 2.12 bits per heavy atom. The van der Waals surface area contributed by atoms with Crippen LogP contribution in [0.25, 0.3) is 0 Å². The van der Waals surface area contributed by atoms with Crippen molar-refractivity contribution in [1.82, 2.24) is 0 Å². The van der Waals surface area contributed by atoms with E-state index in [0.717, 1.165) is 24.3 Å². The Balaban J connectivity index is 2.29. The summed E-state index contributed by atoms with van der Waals surface area (Å²) in [6, 6.07) is 4.33. The lowest BCUT2D eigenvalue weighted by Gasteiger charge is -2.14. The van der Waals surface area contributed by atoms with Crippen LogP contribution in [0.1, 0.15) is 24.8 Å². The normalized spacial score (nSPS) is 23.1. The van der Waals surface area contributed by atoms with Gasteiger partial charge in [-0.1, -0.05) is 12.2 Å². The van der Waals surface area contributed by atoms with Gasteiger partial charge in [0.15, 0.2) is 0 Å². The van der Waals surface area contributed by atoms with Crippen molar-refractivity contribution < 1.29 is 26.3 Å². The maximum atomic E-state index is 13.0. The molecule has 0 unspecified atom stereocenters. The first-order chi connectivity index (χ1) is 11.6. The number of alkyl halides is 6. The van der Waals surface area contributed by atoms with Gasteiger partial charge in [0.1, 0.15) is 0 Å². The Morgan fingerprint density at radius 2 is 1.56 bits per heavy atom. The zero-order valence-corrected chi connectivity index (χ0v) is 14.4. The van der Waals surface area contributed by atoms with Gasteiger partial charge in [0.25, 0.3) is 0 Å². The van der Waals surface area contributed by atoms with E-state index in [4.69, 9.17) is 0 Å². The van der Waals surface area contributed by atoms with Crippen molar-refractivity contribution in [2.24, 2.45) is 0 Å². The molecule has 0 aliphatic heterocycles. The molecule has 8 heteroatoms. The molecule has 0 atom stereocenters. The van der Waals surface area contributed by atoms with Gasteiger partial charge >= 0.3 is 12.4 Å². The van der Waals surface area contributed by atoms with Crippen molar-refractivity contribution >= 4 is 21.6 Å². The van der Waals surface area contributed by atoms with Crippen LogP contribution in [-0.2, 0) is 6.18 Å². The standard InChI is InChI=1S/C17H14BrF6N/c18-14-10-12(17(22,23)24)4-2-1-3-5-15(14)25-13-8-6-11(7-9-13)16(19,20)21/h2,4,6-10,25H,1,3,5H2/b4-2-,12-10+,15-14-. The Bertz CT molecular complexity index is 695. The molecule has 0 saturated heterocycles. The molecule has 2 rings (SSSR count). The highest BCUT2D eigenvalue weighted by atomic mass is 79.9. The third-order valence-electron chi connectivity index (χ3n) is 3.50. The third-order valence-corrected chi connectivity index (χ3v) is 4.21. The number of hydrogen-bond acceptors (Lipinski definition) is 1. The number of halogens is 7. The molecule has 0 radical (unpaired) electrons. The van der Waals surface area contributed by atoms with E-state index in [0.29, 0.717) is 30.6 Å². The molecule has 25 heavy (non-hydrogen) atoms. The Hall–Kier alpha value is -1.70. The molecule has 0 fully saturated rings. The molecular weight excluding hydrogens is 412 g/mol. The van der Waals surface area contributed by atoms with Crippen molar-refractivity contribution in [3.63, 3.8) is 0 Å². The molecule has 1 aliphatic carbocycles. The van der Waals surface area contributed by atoms with Crippen molar-refractivity contribution in [1.29, 1.82) is 0 Å². The monoisotopic (exact) mass is 425 g/mol. The van der Waals surface area contributed by atoms with Crippen LogP contribution < -0.4 is 5.32 Å². The summed E-state index contributed by atoms with van der Waals surface area (Å²) in [6.45, 7) is 0. The van der Waals surface area contributed by atoms with Crippen LogP contribution in [0, 0.1) is 0 Å². The number of anilines is 1. The van der Waals surface area contributed by atoms with Gasteiger partial charge in [-0.05, 0) is 65.5 Å². The maximum Gasteiger partial charge on any atom is 0.416 e. The number of hydrogen-bond donors (Lipinski definition) is 1. The number of rotatable bonds is 2. The van der Waals surface area contributed by atoms with Crippen molar-refractivity contribution in [3.05, 3.63) is 63.8 Å². The first-order valence-electron chi connectivity index (χ1n) is 7.36. The largest absolute Gasteiger partial charge is 0.416 e. The predicted octanol–water partition coefficient (Wildman–Crippen LogP) is 6.95. The van der Waals surface area contributed by atoms with Crippen molar-refractivity contribution in [2.75, 3.05) is 5.32 Å². The molecule has 1 N–H and O–H groups in total. The van der Waals surface area contributed by atoms with Crippen LogP contribution in [0.15, 0.2) is 58.2 Å². The lowest BCUT2D eigenvalue weighted by molar-refractivity contribution is -0.137. The average molecular weight is 426 g/mol. The minimum Gasteiger partial charge on any atom is -0.358 e. The summed E-state index contributed by atoms with van der Waals surface area (Å²) in [6.07, 6.45) is -3.95. The van der Waals surface area contributed by atoms with E-state index in [2.05, 4.69) is 21.2 Å². The maximum absolute atomic E-state index is 13.0. The van der Waals surface area contributed by atoms with Gasteiger partial charge in [-0.25, -0.2) is 0 Å². The molecule has 0 saturated carbocycles. The molecule has 1 nitrogen and oxygen atoms in total. The second kappa shape index (κ2) is 7.68. The van der Waals surface area contributed by atoms with Gasteiger partial charge in [0.2, 0.25) is 0 Å². The van der Waals surface area contributed by atoms with Gasteiger partial charge < -0.3 is 5.32 Å². The Labute approximate surface area is 149 Å². The van der Waals surface area contributed by atoms with Gasteiger partial charge in [-0.2, -0.15) is 26.3 Å². The average Bonchev–Trinajstić information content (AvgIpc) is 2.58. The van der Waals surface area contributed by atoms with E-state index in [1.54, 1.807) is 0 Å². The first kappa shape index (κ1) is 19.6. The zero-order valence-electron chi connectivity index (χ0n) is 12.8. The highest BCUT2D eigenvalue weighted by Gasteiger charge is 2.32. The molecule has 0 bridgehead atoms. The fraction of sp³-hybridized carbons (Fsp3) is 0.294. The smallest absolute Gasteiger partial charge is 0.358 e. The zero-order chi connectivity index (χ0) is 18.7.